The summed E-state index contributed by atoms with van der Waals surface area (Å²) < 4.78 is 1.80. The molecule has 6 heteroatoms. The molecule has 0 amide bonds. The minimum absolute atomic E-state index is 0.631. The molecular weight excluding hydrogens is 312 g/mol. The Bertz CT molecular complexity index is 976. The van der Waals surface area contributed by atoms with Crippen LogP contribution in [-0.4, -0.2) is 25.0 Å². The van der Waals surface area contributed by atoms with Gasteiger partial charge in [0, 0.05) is 6.54 Å². The summed E-state index contributed by atoms with van der Waals surface area (Å²) in [4.78, 5) is 8.67. The predicted octanol–water partition coefficient (Wildman–Crippen LogP) is 3.19. The van der Waals surface area contributed by atoms with Crippen LogP contribution >= 0.6 is 0 Å². The number of hydrogen-bond donors (Lipinski definition) is 1. The number of rotatable bonds is 5. The summed E-state index contributed by atoms with van der Waals surface area (Å²) in [6, 6.07) is 18.6. The fourth-order valence-corrected chi connectivity index (χ4v) is 2.68. The predicted molar refractivity (Wildman–Crippen MR) is 97.2 cm³/mol. The Kier molecular flexibility index (Phi) is 4.08. The minimum atomic E-state index is 0.631. The van der Waals surface area contributed by atoms with Crippen LogP contribution in [0.15, 0.2) is 60.9 Å². The molecule has 1 N–H and O–H groups in total. The van der Waals surface area contributed by atoms with E-state index in [0.717, 1.165) is 11.2 Å². The van der Waals surface area contributed by atoms with Crippen molar-refractivity contribution in [2.75, 3.05) is 5.32 Å². The molecule has 0 radical (unpaired) electrons. The van der Waals surface area contributed by atoms with Crippen molar-refractivity contribution >= 4 is 17.0 Å². The van der Waals surface area contributed by atoms with Gasteiger partial charge in [-0.2, -0.15) is 0 Å². The van der Waals surface area contributed by atoms with Crippen LogP contribution in [-0.2, 0) is 13.1 Å². The molecule has 0 aliphatic heterocycles. The lowest BCUT2D eigenvalue weighted by molar-refractivity contribution is 0.664. The molecule has 25 heavy (non-hydrogen) atoms. The largest absolute Gasteiger partial charge is 0.364 e. The molecular formula is C19H18N6. The highest BCUT2D eigenvalue weighted by Gasteiger charge is 2.11. The third-order valence-corrected chi connectivity index (χ3v) is 4.06. The molecule has 4 aromatic rings. The summed E-state index contributed by atoms with van der Waals surface area (Å²) in [7, 11) is 0. The fourth-order valence-electron chi connectivity index (χ4n) is 2.68. The van der Waals surface area contributed by atoms with Gasteiger partial charge >= 0.3 is 0 Å². The summed E-state index contributed by atoms with van der Waals surface area (Å²) >= 11 is 0. The summed E-state index contributed by atoms with van der Waals surface area (Å²) in [5.41, 5.74) is 5.00. The number of nitrogens with zero attached hydrogens (tertiary/aromatic N) is 5. The van der Waals surface area contributed by atoms with Gasteiger partial charge in [-0.05, 0) is 18.1 Å². The molecule has 2 aromatic heterocycles. The van der Waals surface area contributed by atoms with Crippen molar-refractivity contribution in [3.05, 3.63) is 77.6 Å². The van der Waals surface area contributed by atoms with Crippen molar-refractivity contribution < 1.29 is 0 Å². The minimum Gasteiger partial charge on any atom is -0.364 e. The zero-order valence-corrected chi connectivity index (χ0v) is 13.9. The first-order chi connectivity index (χ1) is 12.3. The first kappa shape index (κ1) is 15.3. The molecule has 0 unspecified atom stereocenters. The third kappa shape index (κ3) is 3.33. The number of aryl methyl sites for hydroxylation is 1. The SMILES string of the molecule is Cc1ccc(CNc2ncnc3c2nnn3Cc2ccccc2)cc1. The molecule has 0 spiro atoms. The van der Waals surface area contributed by atoms with E-state index in [2.05, 4.69) is 68.9 Å². The van der Waals surface area contributed by atoms with Crippen molar-refractivity contribution in [2.45, 2.75) is 20.0 Å². The fraction of sp³-hybridized carbons (Fsp3) is 0.158. The maximum Gasteiger partial charge on any atom is 0.184 e. The van der Waals surface area contributed by atoms with E-state index in [1.165, 1.54) is 11.1 Å². The molecule has 0 aliphatic carbocycles. The van der Waals surface area contributed by atoms with Crippen molar-refractivity contribution in [3.8, 4) is 0 Å². The summed E-state index contributed by atoms with van der Waals surface area (Å²) in [5, 5.41) is 11.8. The topological polar surface area (TPSA) is 68.5 Å². The van der Waals surface area contributed by atoms with Crippen LogP contribution in [0.5, 0.6) is 0 Å². The van der Waals surface area contributed by atoms with E-state index in [1.54, 1.807) is 11.0 Å². The molecule has 0 fully saturated rings. The van der Waals surface area contributed by atoms with Gasteiger partial charge in [0.1, 0.15) is 6.33 Å². The lowest BCUT2D eigenvalue weighted by Crippen LogP contribution is -2.04. The van der Waals surface area contributed by atoms with Crippen LogP contribution < -0.4 is 5.32 Å². The summed E-state index contributed by atoms with van der Waals surface area (Å²) in [5.74, 6) is 0.699. The van der Waals surface area contributed by atoms with E-state index < -0.39 is 0 Å². The molecule has 2 aromatic carbocycles. The van der Waals surface area contributed by atoms with Crippen molar-refractivity contribution in [1.82, 2.24) is 25.0 Å². The van der Waals surface area contributed by atoms with E-state index in [1.807, 2.05) is 18.2 Å². The third-order valence-electron chi connectivity index (χ3n) is 4.06. The highest BCUT2D eigenvalue weighted by Crippen LogP contribution is 2.18. The van der Waals surface area contributed by atoms with E-state index in [4.69, 9.17) is 0 Å². The smallest absolute Gasteiger partial charge is 0.184 e. The number of nitrogens with one attached hydrogen (secondary N) is 1. The van der Waals surface area contributed by atoms with Crippen LogP contribution in [0.25, 0.3) is 11.2 Å². The Balaban J connectivity index is 1.57. The zero-order valence-electron chi connectivity index (χ0n) is 13.9. The van der Waals surface area contributed by atoms with Crippen LogP contribution in [0.3, 0.4) is 0 Å². The Morgan fingerprint density at radius 3 is 2.52 bits per heavy atom. The Morgan fingerprint density at radius 2 is 1.72 bits per heavy atom. The highest BCUT2D eigenvalue weighted by atomic mass is 15.4. The molecule has 124 valence electrons. The number of benzene rings is 2. The van der Waals surface area contributed by atoms with Gasteiger partial charge in [0.15, 0.2) is 17.0 Å². The molecule has 2 heterocycles. The maximum absolute atomic E-state index is 4.35. The molecule has 0 atom stereocenters. The number of hydrogen-bond acceptors (Lipinski definition) is 5. The first-order valence-corrected chi connectivity index (χ1v) is 8.17. The van der Waals surface area contributed by atoms with E-state index in [9.17, 15) is 0 Å². The molecule has 0 saturated carbocycles. The number of fused-ring (bicyclic) bond motifs is 1. The monoisotopic (exact) mass is 330 g/mol. The lowest BCUT2D eigenvalue weighted by Gasteiger charge is -2.06. The van der Waals surface area contributed by atoms with Crippen molar-refractivity contribution in [2.24, 2.45) is 0 Å². The first-order valence-electron chi connectivity index (χ1n) is 8.17. The number of anilines is 1. The maximum atomic E-state index is 4.35. The van der Waals surface area contributed by atoms with Gasteiger partial charge in [0.05, 0.1) is 6.54 Å². The van der Waals surface area contributed by atoms with Gasteiger partial charge in [-0.15, -0.1) is 5.10 Å². The summed E-state index contributed by atoms with van der Waals surface area (Å²) in [6.45, 7) is 3.39. The number of aromatic nitrogens is 5. The average molecular weight is 330 g/mol. The second-order valence-electron chi connectivity index (χ2n) is 5.97. The molecule has 0 aliphatic rings. The van der Waals surface area contributed by atoms with E-state index in [-0.39, 0.29) is 0 Å². The zero-order chi connectivity index (χ0) is 17.1. The van der Waals surface area contributed by atoms with Crippen molar-refractivity contribution in [1.29, 1.82) is 0 Å². The van der Waals surface area contributed by atoms with Gasteiger partial charge in [-0.25, -0.2) is 14.6 Å². The van der Waals surface area contributed by atoms with Crippen LogP contribution in [0.1, 0.15) is 16.7 Å². The van der Waals surface area contributed by atoms with Gasteiger partial charge in [0.25, 0.3) is 0 Å². The Labute approximate surface area is 145 Å². The van der Waals surface area contributed by atoms with Gasteiger partial charge < -0.3 is 5.32 Å². The van der Waals surface area contributed by atoms with E-state index >= 15 is 0 Å². The molecule has 6 nitrogen and oxygen atoms in total. The van der Waals surface area contributed by atoms with Gasteiger partial charge in [-0.1, -0.05) is 65.4 Å². The van der Waals surface area contributed by atoms with Gasteiger partial charge in [-0.3, -0.25) is 0 Å². The van der Waals surface area contributed by atoms with Crippen molar-refractivity contribution in [3.63, 3.8) is 0 Å². The van der Waals surface area contributed by atoms with Crippen LogP contribution in [0, 0.1) is 6.92 Å². The molecule has 4 rings (SSSR count). The van der Waals surface area contributed by atoms with Crippen LogP contribution in [0.4, 0.5) is 5.82 Å². The quantitative estimate of drug-likeness (QED) is 0.608. The van der Waals surface area contributed by atoms with Gasteiger partial charge in [0.2, 0.25) is 0 Å². The van der Waals surface area contributed by atoms with E-state index in [0.29, 0.717) is 24.4 Å². The van der Waals surface area contributed by atoms with Crippen LogP contribution in [0.2, 0.25) is 0 Å². The summed E-state index contributed by atoms with van der Waals surface area (Å²) in [6.07, 6.45) is 1.55. The highest BCUT2D eigenvalue weighted by molar-refractivity contribution is 5.81. The average Bonchev–Trinajstić information content (AvgIpc) is 3.06. The Morgan fingerprint density at radius 1 is 0.920 bits per heavy atom. The normalized spacial score (nSPS) is 10.9. The second-order valence-corrected chi connectivity index (χ2v) is 5.97. The standard InChI is InChI=1S/C19H18N6/c1-14-7-9-15(10-8-14)11-20-18-17-19(22-13-21-18)25(24-23-17)12-16-5-3-2-4-6-16/h2-10,13H,11-12H2,1H3,(H,20,21,22). The lowest BCUT2D eigenvalue weighted by atomic mass is 10.1. The molecule has 0 saturated heterocycles. The Hall–Kier alpha value is -3.28. The molecule has 0 bridgehead atoms. The second kappa shape index (κ2) is 6.68.